The van der Waals surface area contributed by atoms with Gasteiger partial charge in [0.15, 0.2) is 11.7 Å². The van der Waals surface area contributed by atoms with Gasteiger partial charge in [-0.25, -0.2) is 4.98 Å². The van der Waals surface area contributed by atoms with E-state index in [9.17, 15) is 26.3 Å². The highest BCUT2D eigenvalue weighted by Crippen LogP contribution is 2.29. The summed E-state index contributed by atoms with van der Waals surface area (Å²) in [6.45, 7) is 0.481. The van der Waals surface area contributed by atoms with Crippen molar-refractivity contribution in [1.29, 1.82) is 0 Å². The van der Waals surface area contributed by atoms with Crippen molar-refractivity contribution in [2.75, 3.05) is 13.6 Å². The van der Waals surface area contributed by atoms with Crippen LogP contribution in [0.15, 0.2) is 34.6 Å². The minimum absolute atomic E-state index is 0.0733. The lowest BCUT2D eigenvalue weighted by Gasteiger charge is -2.12. The molecule has 0 aliphatic rings. The summed E-state index contributed by atoms with van der Waals surface area (Å²) in [7, 11) is 1.50. The van der Waals surface area contributed by atoms with Crippen LogP contribution in [0.3, 0.4) is 0 Å². The number of thiazole rings is 1. The number of guanidine groups is 1. The summed E-state index contributed by atoms with van der Waals surface area (Å²) in [4.78, 5) is 7.45. The smallest absolute Gasteiger partial charge is 0.406 e. The predicted octanol–water partition coefficient (Wildman–Crippen LogP) is 3.97. The van der Waals surface area contributed by atoms with Gasteiger partial charge in [-0.2, -0.15) is 13.2 Å². The molecular formula is C16H16F6N4OS. The SMILES string of the molecule is CN=C(NCCc1ccc(OC(F)(F)F)cc1)NCc1nc(C(F)(F)F)cs1. The van der Waals surface area contributed by atoms with E-state index in [1.807, 2.05) is 0 Å². The number of nitrogens with one attached hydrogen (secondary N) is 2. The van der Waals surface area contributed by atoms with Crippen molar-refractivity contribution >= 4 is 17.3 Å². The maximum atomic E-state index is 12.5. The molecule has 0 bridgehead atoms. The highest BCUT2D eigenvalue weighted by Gasteiger charge is 2.33. The van der Waals surface area contributed by atoms with Gasteiger partial charge in [0.2, 0.25) is 0 Å². The maximum Gasteiger partial charge on any atom is 0.573 e. The predicted molar refractivity (Wildman–Crippen MR) is 92.1 cm³/mol. The van der Waals surface area contributed by atoms with Gasteiger partial charge in [-0.15, -0.1) is 24.5 Å². The second-order valence-electron chi connectivity index (χ2n) is 5.42. The molecule has 0 aliphatic heterocycles. The first-order chi connectivity index (χ1) is 13.1. The molecule has 1 aromatic heterocycles. The van der Waals surface area contributed by atoms with E-state index < -0.39 is 18.2 Å². The molecule has 0 unspecified atom stereocenters. The van der Waals surface area contributed by atoms with Crippen LogP contribution in [0.2, 0.25) is 0 Å². The summed E-state index contributed by atoms with van der Waals surface area (Å²) in [6.07, 6.45) is -8.72. The first kappa shape index (κ1) is 21.8. The van der Waals surface area contributed by atoms with Crippen LogP contribution in [0.5, 0.6) is 5.75 Å². The molecule has 0 saturated heterocycles. The number of aromatic nitrogens is 1. The second-order valence-corrected chi connectivity index (χ2v) is 6.36. The third-order valence-corrected chi connectivity index (χ3v) is 4.18. The molecule has 28 heavy (non-hydrogen) atoms. The zero-order valence-electron chi connectivity index (χ0n) is 14.5. The molecule has 0 spiro atoms. The standard InChI is InChI=1S/C16H16F6N4OS/c1-23-14(25-8-13-26-12(9-28-13)15(17,18)19)24-7-6-10-2-4-11(5-3-10)27-16(20,21)22/h2-5,9H,6-8H2,1H3,(H2,23,24,25). The van der Waals surface area contributed by atoms with Crippen LogP contribution >= 0.6 is 11.3 Å². The fraction of sp³-hybridized carbons (Fsp3) is 0.375. The number of halogens is 6. The quantitative estimate of drug-likeness (QED) is 0.417. The molecule has 2 rings (SSSR count). The lowest BCUT2D eigenvalue weighted by molar-refractivity contribution is -0.274. The first-order valence-electron chi connectivity index (χ1n) is 7.87. The van der Waals surface area contributed by atoms with Crippen LogP contribution in [0.4, 0.5) is 26.3 Å². The molecular weight excluding hydrogens is 410 g/mol. The minimum atomic E-state index is -4.74. The molecule has 5 nitrogen and oxygen atoms in total. The Kier molecular flexibility index (Phi) is 7.11. The van der Waals surface area contributed by atoms with Gasteiger partial charge in [0.05, 0.1) is 6.54 Å². The zero-order valence-corrected chi connectivity index (χ0v) is 15.3. The summed E-state index contributed by atoms with van der Waals surface area (Å²) in [5.74, 6) is 0.0594. The molecule has 0 atom stereocenters. The number of ether oxygens (including phenoxy) is 1. The average Bonchev–Trinajstić information content (AvgIpc) is 3.07. The van der Waals surface area contributed by atoms with Crippen LogP contribution in [0.25, 0.3) is 0 Å². The number of alkyl halides is 6. The van der Waals surface area contributed by atoms with Crippen molar-refractivity contribution < 1.29 is 31.1 Å². The van der Waals surface area contributed by atoms with E-state index in [1.54, 1.807) is 0 Å². The fourth-order valence-electron chi connectivity index (χ4n) is 2.09. The Balaban J connectivity index is 1.77. The van der Waals surface area contributed by atoms with E-state index in [1.165, 1.54) is 31.3 Å². The molecule has 0 saturated carbocycles. The van der Waals surface area contributed by atoms with E-state index in [0.29, 0.717) is 18.9 Å². The number of aliphatic imine (C=N–C) groups is 1. The van der Waals surface area contributed by atoms with E-state index in [0.717, 1.165) is 22.3 Å². The van der Waals surface area contributed by atoms with Gasteiger partial charge in [0, 0.05) is 19.0 Å². The molecule has 12 heteroatoms. The van der Waals surface area contributed by atoms with Crippen LogP contribution < -0.4 is 15.4 Å². The lowest BCUT2D eigenvalue weighted by atomic mass is 10.1. The Morgan fingerprint density at radius 1 is 1.11 bits per heavy atom. The third kappa shape index (κ3) is 7.25. The monoisotopic (exact) mass is 426 g/mol. The molecule has 0 amide bonds. The maximum absolute atomic E-state index is 12.5. The summed E-state index contributed by atoms with van der Waals surface area (Å²) >= 11 is 0.886. The molecule has 0 aliphatic carbocycles. The average molecular weight is 426 g/mol. The van der Waals surface area contributed by atoms with Crippen LogP contribution in [-0.4, -0.2) is 30.9 Å². The molecule has 0 fully saturated rings. The number of hydrogen-bond donors (Lipinski definition) is 2. The lowest BCUT2D eigenvalue weighted by Crippen LogP contribution is -2.37. The molecule has 1 aromatic carbocycles. The Hall–Kier alpha value is -2.50. The van der Waals surface area contributed by atoms with E-state index in [4.69, 9.17) is 0 Å². The van der Waals surface area contributed by atoms with Crippen molar-refractivity contribution in [2.24, 2.45) is 4.99 Å². The van der Waals surface area contributed by atoms with Gasteiger partial charge < -0.3 is 15.4 Å². The number of benzene rings is 1. The topological polar surface area (TPSA) is 58.5 Å². The van der Waals surface area contributed by atoms with Gasteiger partial charge in [-0.1, -0.05) is 12.1 Å². The van der Waals surface area contributed by atoms with Crippen molar-refractivity contribution in [3.8, 4) is 5.75 Å². The Morgan fingerprint density at radius 2 is 1.79 bits per heavy atom. The van der Waals surface area contributed by atoms with Gasteiger partial charge in [-0.3, -0.25) is 4.99 Å². The van der Waals surface area contributed by atoms with E-state index >= 15 is 0 Å². The van der Waals surface area contributed by atoms with Crippen molar-refractivity contribution in [2.45, 2.75) is 25.5 Å². The zero-order chi connectivity index (χ0) is 20.8. The van der Waals surface area contributed by atoms with Crippen LogP contribution in [0.1, 0.15) is 16.3 Å². The fourth-order valence-corrected chi connectivity index (χ4v) is 2.83. The highest BCUT2D eigenvalue weighted by atomic mass is 32.1. The van der Waals surface area contributed by atoms with Gasteiger partial charge >= 0.3 is 12.5 Å². The molecule has 154 valence electrons. The normalized spacial score (nSPS) is 12.8. The van der Waals surface area contributed by atoms with Gasteiger partial charge in [0.25, 0.3) is 0 Å². The number of hydrogen-bond acceptors (Lipinski definition) is 4. The van der Waals surface area contributed by atoms with Gasteiger partial charge in [-0.05, 0) is 24.1 Å². The molecule has 0 radical (unpaired) electrons. The number of rotatable bonds is 6. The summed E-state index contributed by atoms with van der Waals surface area (Å²) in [5.41, 5.74) is -0.164. The second kappa shape index (κ2) is 9.13. The minimum Gasteiger partial charge on any atom is -0.406 e. The van der Waals surface area contributed by atoms with Crippen molar-refractivity contribution in [3.63, 3.8) is 0 Å². The Bertz CT molecular complexity index is 786. The largest absolute Gasteiger partial charge is 0.573 e. The van der Waals surface area contributed by atoms with Crippen molar-refractivity contribution in [3.05, 3.63) is 45.9 Å². The summed E-state index contributed by atoms with van der Waals surface area (Å²) < 4.78 is 77.7. The molecule has 1 heterocycles. The summed E-state index contributed by atoms with van der Waals surface area (Å²) in [6, 6.07) is 5.45. The molecule has 2 aromatic rings. The van der Waals surface area contributed by atoms with Gasteiger partial charge in [0.1, 0.15) is 10.8 Å². The molecule has 2 N–H and O–H groups in total. The van der Waals surface area contributed by atoms with Crippen molar-refractivity contribution in [1.82, 2.24) is 15.6 Å². The van der Waals surface area contributed by atoms with Crippen LogP contribution in [-0.2, 0) is 19.1 Å². The highest BCUT2D eigenvalue weighted by molar-refractivity contribution is 7.09. The Labute approximate surface area is 160 Å². The van der Waals surface area contributed by atoms with E-state index in [2.05, 4.69) is 25.3 Å². The van der Waals surface area contributed by atoms with E-state index in [-0.39, 0.29) is 17.3 Å². The Morgan fingerprint density at radius 3 is 2.32 bits per heavy atom. The third-order valence-electron chi connectivity index (χ3n) is 3.34. The first-order valence-corrected chi connectivity index (χ1v) is 8.75. The number of nitrogens with zero attached hydrogens (tertiary/aromatic N) is 2. The van der Waals surface area contributed by atoms with Crippen LogP contribution in [0, 0.1) is 0 Å². The summed E-state index contributed by atoms with van der Waals surface area (Å²) in [5, 5.41) is 7.01.